The lowest BCUT2D eigenvalue weighted by molar-refractivity contribution is 0.605. The molecule has 0 radical (unpaired) electrons. The number of aryl methyl sites for hydroxylation is 2. The van der Waals surface area contributed by atoms with Crippen LogP contribution in [0.25, 0.3) is 0 Å². The maximum Gasteiger partial charge on any atom is 0.0671 e. The van der Waals surface area contributed by atoms with E-state index in [0.717, 1.165) is 19.4 Å². The summed E-state index contributed by atoms with van der Waals surface area (Å²) >= 11 is 5.57. The lowest BCUT2D eigenvalue weighted by Gasteiger charge is -2.18. The van der Waals surface area contributed by atoms with Crippen LogP contribution in [-0.2, 0) is 6.42 Å². The molecule has 0 aliphatic rings. The van der Waals surface area contributed by atoms with E-state index in [4.69, 9.17) is 0 Å². The van der Waals surface area contributed by atoms with Gasteiger partial charge in [-0.3, -0.25) is 0 Å². The molecule has 0 fully saturated rings. The van der Waals surface area contributed by atoms with Crippen molar-refractivity contribution in [3.63, 3.8) is 0 Å². The monoisotopic (exact) mass is 351 g/mol. The third kappa shape index (κ3) is 3.72. The molecule has 0 spiro atoms. The number of hydrogen-bond acceptors (Lipinski definition) is 2. The molecule has 2 rings (SSSR count). The Hall–Kier alpha value is -0.640. The highest BCUT2D eigenvalue weighted by Crippen LogP contribution is 2.31. The zero-order valence-corrected chi connectivity index (χ0v) is 14.8. The van der Waals surface area contributed by atoms with Crippen molar-refractivity contribution in [2.24, 2.45) is 0 Å². The Balaban J connectivity index is 2.32. The first kappa shape index (κ1) is 15.7. The van der Waals surface area contributed by atoms with Crippen LogP contribution in [0.5, 0.6) is 0 Å². The molecule has 0 saturated heterocycles. The van der Waals surface area contributed by atoms with Gasteiger partial charge in [-0.25, -0.2) is 0 Å². The van der Waals surface area contributed by atoms with Gasteiger partial charge in [-0.1, -0.05) is 41.9 Å². The molecule has 1 N–H and O–H groups in total. The SMILES string of the molecule is CCCNC(c1ccc(C)c(Br)c1)c1ccc(CC)s1. The van der Waals surface area contributed by atoms with E-state index in [1.807, 2.05) is 11.3 Å². The van der Waals surface area contributed by atoms with Gasteiger partial charge < -0.3 is 5.32 Å². The van der Waals surface area contributed by atoms with Crippen LogP contribution in [0.2, 0.25) is 0 Å². The molecule has 1 aromatic carbocycles. The molecule has 2 aromatic rings. The first-order valence-electron chi connectivity index (χ1n) is 7.23. The summed E-state index contributed by atoms with van der Waals surface area (Å²) in [5.74, 6) is 0. The third-order valence-corrected chi connectivity index (χ3v) is 5.59. The summed E-state index contributed by atoms with van der Waals surface area (Å²) in [7, 11) is 0. The fourth-order valence-corrected chi connectivity index (χ4v) is 3.65. The predicted molar refractivity (Wildman–Crippen MR) is 92.7 cm³/mol. The second-order valence-corrected chi connectivity index (χ2v) is 7.11. The molecule has 0 aliphatic heterocycles. The Bertz CT molecular complexity index is 562. The minimum atomic E-state index is 0.303. The van der Waals surface area contributed by atoms with Crippen molar-refractivity contribution in [1.29, 1.82) is 0 Å². The fraction of sp³-hybridized carbons (Fsp3) is 0.412. The lowest BCUT2D eigenvalue weighted by Crippen LogP contribution is -2.22. The van der Waals surface area contributed by atoms with Gasteiger partial charge in [0.2, 0.25) is 0 Å². The molecule has 0 amide bonds. The quantitative estimate of drug-likeness (QED) is 0.727. The first-order chi connectivity index (χ1) is 9.65. The summed E-state index contributed by atoms with van der Waals surface area (Å²) in [4.78, 5) is 2.86. The molecule has 108 valence electrons. The van der Waals surface area contributed by atoms with Gasteiger partial charge in [-0.05, 0) is 55.6 Å². The maximum absolute atomic E-state index is 3.68. The smallest absolute Gasteiger partial charge is 0.0671 e. The van der Waals surface area contributed by atoms with Crippen LogP contribution in [-0.4, -0.2) is 6.54 Å². The van der Waals surface area contributed by atoms with Gasteiger partial charge in [0, 0.05) is 14.2 Å². The largest absolute Gasteiger partial charge is 0.306 e. The molecule has 3 heteroatoms. The van der Waals surface area contributed by atoms with Gasteiger partial charge in [-0.2, -0.15) is 0 Å². The molecule has 0 aliphatic carbocycles. The van der Waals surface area contributed by atoms with Crippen molar-refractivity contribution >= 4 is 27.3 Å². The van der Waals surface area contributed by atoms with Gasteiger partial charge in [0.15, 0.2) is 0 Å². The van der Waals surface area contributed by atoms with E-state index in [-0.39, 0.29) is 0 Å². The molecule has 1 aromatic heterocycles. The summed E-state index contributed by atoms with van der Waals surface area (Å²) in [6, 6.07) is 11.5. The van der Waals surface area contributed by atoms with E-state index in [9.17, 15) is 0 Å². The van der Waals surface area contributed by atoms with Crippen molar-refractivity contribution in [1.82, 2.24) is 5.32 Å². The first-order valence-corrected chi connectivity index (χ1v) is 8.84. The second-order valence-electron chi connectivity index (χ2n) is 5.05. The molecule has 1 unspecified atom stereocenters. The van der Waals surface area contributed by atoms with Gasteiger partial charge >= 0.3 is 0 Å². The van der Waals surface area contributed by atoms with Gasteiger partial charge in [0.25, 0.3) is 0 Å². The molecule has 0 saturated carbocycles. The standard InChI is InChI=1S/C17H22BrNS/c1-4-10-19-17(16-9-8-14(5-2)20-16)13-7-6-12(3)15(18)11-13/h6-9,11,17,19H,4-5,10H2,1-3H3. The van der Waals surface area contributed by atoms with E-state index in [0.29, 0.717) is 6.04 Å². The van der Waals surface area contributed by atoms with Crippen molar-refractivity contribution in [3.05, 3.63) is 55.7 Å². The topological polar surface area (TPSA) is 12.0 Å². The number of benzene rings is 1. The van der Waals surface area contributed by atoms with Crippen molar-refractivity contribution in [3.8, 4) is 0 Å². The molecule has 1 atom stereocenters. The average Bonchev–Trinajstić information content (AvgIpc) is 2.92. The van der Waals surface area contributed by atoms with Crippen LogP contribution in [0.4, 0.5) is 0 Å². The Morgan fingerprint density at radius 3 is 2.60 bits per heavy atom. The highest BCUT2D eigenvalue weighted by atomic mass is 79.9. The number of hydrogen-bond donors (Lipinski definition) is 1. The van der Waals surface area contributed by atoms with Gasteiger partial charge in [-0.15, -0.1) is 11.3 Å². The fourth-order valence-electron chi connectivity index (χ4n) is 2.20. The minimum Gasteiger partial charge on any atom is -0.306 e. The Labute approximate surface area is 134 Å². The zero-order chi connectivity index (χ0) is 14.5. The molecular weight excluding hydrogens is 330 g/mol. The Kier molecular flexibility index (Phi) is 5.82. The predicted octanol–water partition coefficient (Wildman–Crippen LogP) is 5.47. The molecular formula is C17H22BrNS. The van der Waals surface area contributed by atoms with E-state index in [2.05, 4.69) is 72.3 Å². The van der Waals surface area contributed by atoms with Crippen LogP contribution < -0.4 is 5.32 Å². The molecule has 1 nitrogen and oxygen atoms in total. The Morgan fingerprint density at radius 1 is 1.20 bits per heavy atom. The third-order valence-electron chi connectivity index (χ3n) is 3.44. The average molecular weight is 352 g/mol. The van der Waals surface area contributed by atoms with E-state index < -0.39 is 0 Å². The maximum atomic E-state index is 3.68. The van der Waals surface area contributed by atoms with Crippen molar-refractivity contribution < 1.29 is 0 Å². The second kappa shape index (κ2) is 7.39. The van der Waals surface area contributed by atoms with E-state index in [1.165, 1.54) is 25.4 Å². The lowest BCUT2D eigenvalue weighted by atomic mass is 10.0. The summed E-state index contributed by atoms with van der Waals surface area (Å²) < 4.78 is 1.19. The van der Waals surface area contributed by atoms with Crippen LogP contribution >= 0.6 is 27.3 Å². The van der Waals surface area contributed by atoms with Crippen LogP contribution in [0, 0.1) is 6.92 Å². The highest BCUT2D eigenvalue weighted by molar-refractivity contribution is 9.10. The Morgan fingerprint density at radius 2 is 2.00 bits per heavy atom. The van der Waals surface area contributed by atoms with E-state index >= 15 is 0 Å². The molecule has 20 heavy (non-hydrogen) atoms. The number of halogens is 1. The molecule has 0 bridgehead atoms. The zero-order valence-electron chi connectivity index (χ0n) is 12.4. The van der Waals surface area contributed by atoms with Crippen molar-refractivity contribution in [2.75, 3.05) is 6.54 Å². The minimum absolute atomic E-state index is 0.303. The van der Waals surface area contributed by atoms with Gasteiger partial charge in [0.1, 0.15) is 0 Å². The van der Waals surface area contributed by atoms with Crippen LogP contribution in [0.3, 0.4) is 0 Å². The number of nitrogens with one attached hydrogen (secondary N) is 1. The number of thiophene rings is 1. The van der Waals surface area contributed by atoms with Crippen LogP contribution in [0.1, 0.15) is 47.2 Å². The summed E-state index contributed by atoms with van der Waals surface area (Å²) in [5.41, 5.74) is 2.61. The van der Waals surface area contributed by atoms with Gasteiger partial charge in [0.05, 0.1) is 6.04 Å². The van der Waals surface area contributed by atoms with E-state index in [1.54, 1.807) is 0 Å². The summed E-state index contributed by atoms with van der Waals surface area (Å²) in [5, 5.41) is 3.68. The summed E-state index contributed by atoms with van der Waals surface area (Å²) in [6.45, 7) is 7.59. The van der Waals surface area contributed by atoms with Crippen molar-refractivity contribution in [2.45, 2.75) is 39.7 Å². The van der Waals surface area contributed by atoms with Crippen LogP contribution in [0.15, 0.2) is 34.8 Å². The molecule has 1 heterocycles. The highest BCUT2D eigenvalue weighted by Gasteiger charge is 2.16. The normalized spacial score (nSPS) is 12.6. The summed E-state index contributed by atoms with van der Waals surface area (Å²) in [6.07, 6.45) is 2.26. The number of rotatable bonds is 6.